The van der Waals surface area contributed by atoms with E-state index in [-0.39, 0.29) is 24.1 Å². The van der Waals surface area contributed by atoms with Gasteiger partial charge in [0.15, 0.2) is 0 Å². The Kier molecular flexibility index (Phi) is 8.37. The molecule has 8 heteroatoms. The zero-order valence-corrected chi connectivity index (χ0v) is 18.5. The van der Waals surface area contributed by atoms with Crippen LogP contribution in [0.1, 0.15) is 50.8 Å². The Morgan fingerprint density at radius 2 is 1.87 bits per heavy atom. The first kappa shape index (κ1) is 23.8. The van der Waals surface area contributed by atoms with E-state index in [1.165, 1.54) is 16.4 Å². The molecule has 162 valence electrons. The highest BCUT2D eigenvalue weighted by Crippen LogP contribution is 2.31. The number of hydrogen-bond donors (Lipinski definition) is 3. The highest BCUT2D eigenvalue weighted by Gasteiger charge is 2.18. The number of carboxylic acids is 1. The molecule has 0 fully saturated rings. The highest BCUT2D eigenvalue weighted by molar-refractivity contribution is 7.81. The molecule has 0 spiro atoms. The van der Waals surface area contributed by atoms with Crippen LogP contribution in [-0.4, -0.2) is 39.3 Å². The number of halogens is 1. The van der Waals surface area contributed by atoms with Crippen molar-refractivity contribution in [3.8, 4) is 11.3 Å². The van der Waals surface area contributed by atoms with E-state index >= 15 is 0 Å². The first-order valence-corrected chi connectivity index (χ1v) is 10.2. The first-order chi connectivity index (χ1) is 14.1. The van der Waals surface area contributed by atoms with Gasteiger partial charge in [0.05, 0.1) is 23.9 Å². The minimum atomic E-state index is -1.03. The van der Waals surface area contributed by atoms with Crippen LogP contribution in [0, 0.1) is 11.7 Å². The van der Waals surface area contributed by atoms with Crippen molar-refractivity contribution in [2.45, 2.75) is 45.6 Å². The van der Waals surface area contributed by atoms with Gasteiger partial charge in [-0.3, -0.25) is 9.10 Å². The largest absolute Gasteiger partial charge is 0.481 e. The fourth-order valence-corrected chi connectivity index (χ4v) is 3.19. The number of thiol groups is 1. The zero-order chi connectivity index (χ0) is 22.4. The van der Waals surface area contributed by atoms with Crippen LogP contribution in [0.4, 0.5) is 10.3 Å². The average Bonchev–Trinajstić information content (AvgIpc) is 2.65. The second-order valence-electron chi connectivity index (χ2n) is 7.68. The monoisotopic (exact) mass is 433 g/mol. The predicted molar refractivity (Wildman–Crippen MR) is 120 cm³/mol. The van der Waals surface area contributed by atoms with Crippen molar-refractivity contribution in [3.63, 3.8) is 0 Å². The molecule has 1 aromatic heterocycles. The van der Waals surface area contributed by atoms with Gasteiger partial charge in [-0.15, -0.1) is 0 Å². The van der Waals surface area contributed by atoms with E-state index in [9.17, 15) is 14.3 Å². The van der Waals surface area contributed by atoms with E-state index in [4.69, 9.17) is 5.11 Å². The van der Waals surface area contributed by atoms with Gasteiger partial charge in [0, 0.05) is 18.2 Å². The molecule has 2 N–H and O–H groups in total. The number of aliphatic hydroxyl groups is 1. The Hall–Kier alpha value is -2.45. The fraction of sp³-hybridized carbons (Fsp3) is 0.409. The maximum absolute atomic E-state index is 13.5. The van der Waals surface area contributed by atoms with Crippen LogP contribution in [-0.2, 0) is 4.79 Å². The van der Waals surface area contributed by atoms with Gasteiger partial charge in [-0.05, 0) is 42.5 Å². The molecule has 0 aliphatic carbocycles. The smallest absolute Gasteiger partial charge is 0.305 e. The van der Waals surface area contributed by atoms with Crippen molar-refractivity contribution in [2.75, 3.05) is 11.4 Å². The summed E-state index contributed by atoms with van der Waals surface area (Å²) in [6, 6.07) is 6.10. The predicted octanol–water partition coefficient (Wildman–Crippen LogP) is 4.56. The summed E-state index contributed by atoms with van der Waals surface area (Å²) in [5, 5.41) is 18.7. The summed E-state index contributed by atoms with van der Waals surface area (Å²) < 4.78 is 15.0. The molecular formula is C22H28FN3O3S. The summed E-state index contributed by atoms with van der Waals surface area (Å²) in [6.07, 6.45) is 2.92. The number of nitrogens with zero attached hydrogens (tertiary/aromatic N) is 3. The summed E-state index contributed by atoms with van der Waals surface area (Å²) >= 11 is 4.32. The van der Waals surface area contributed by atoms with Crippen LogP contribution in [0.5, 0.6) is 0 Å². The van der Waals surface area contributed by atoms with Gasteiger partial charge in [0.2, 0.25) is 5.95 Å². The lowest BCUT2D eigenvalue weighted by Crippen LogP contribution is -2.15. The van der Waals surface area contributed by atoms with Crippen molar-refractivity contribution < 1.29 is 19.4 Å². The number of carboxylic acid groups (broad SMARTS) is 1. The third-order valence-electron chi connectivity index (χ3n) is 4.56. The summed E-state index contributed by atoms with van der Waals surface area (Å²) in [6.45, 7) is 5.96. The Labute approximate surface area is 182 Å². The molecule has 0 saturated heterocycles. The van der Waals surface area contributed by atoms with Crippen molar-refractivity contribution in [1.29, 1.82) is 0 Å². The Morgan fingerprint density at radius 1 is 1.23 bits per heavy atom. The molecule has 0 aliphatic rings. The van der Waals surface area contributed by atoms with Crippen LogP contribution in [0.15, 0.2) is 30.3 Å². The van der Waals surface area contributed by atoms with Crippen LogP contribution >= 0.6 is 12.8 Å². The van der Waals surface area contributed by atoms with Gasteiger partial charge in [-0.1, -0.05) is 45.7 Å². The number of hydrogen-bond acceptors (Lipinski definition) is 6. The third-order valence-corrected chi connectivity index (χ3v) is 4.74. The molecule has 0 aliphatic heterocycles. The molecule has 2 aromatic rings. The van der Waals surface area contributed by atoms with Gasteiger partial charge in [-0.2, -0.15) is 0 Å². The Morgan fingerprint density at radius 3 is 2.40 bits per heavy atom. The number of aromatic nitrogens is 2. The van der Waals surface area contributed by atoms with Crippen molar-refractivity contribution in [1.82, 2.24) is 9.97 Å². The minimum absolute atomic E-state index is 0.0624. The standard InChI is InChI=1S/C22H28FN3O3S/c1-13(2)20-18(10-5-14(3)11-17(27)12-19(28)29)21(25-22(24-20)26(4)30)15-6-8-16(23)9-7-15/h5-10,13-14,17,27,30H,11-12H2,1-4H3,(H,28,29)/b10-5+. The highest BCUT2D eigenvalue weighted by atomic mass is 32.1. The van der Waals surface area contributed by atoms with E-state index in [1.54, 1.807) is 19.2 Å². The molecular weight excluding hydrogens is 405 g/mol. The Bertz CT molecular complexity index is 901. The summed E-state index contributed by atoms with van der Waals surface area (Å²) in [4.78, 5) is 20.0. The molecule has 2 unspecified atom stereocenters. The third kappa shape index (κ3) is 6.53. The minimum Gasteiger partial charge on any atom is -0.481 e. The number of benzene rings is 1. The molecule has 30 heavy (non-hydrogen) atoms. The van der Waals surface area contributed by atoms with Crippen LogP contribution in [0.25, 0.3) is 17.3 Å². The van der Waals surface area contributed by atoms with Crippen molar-refractivity contribution in [3.05, 3.63) is 47.4 Å². The molecule has 0 amide bonds. The number of anilines is 1. The number of aliphatic hydroxyl groups excluding tert-OH is 1. The molecule has 0 radical (unpaired) electrons. The summed E-state index contributed by atoms with van der Waals surface area (Å²) in [7, 11) is 1.73. The van der Waals surface area contributed by atoms with Gasteiger partial charge >= 0.3 is 5.97 Å². The lowest BCUT2D eigenvalue weighted by atomic mass is 9.95. The van der Waals surface area contributed by atoms with Gasteiger partial charge in [0.1, 0.15) is 5.82 Å². The first-order valence-electron chi connectivity index (χ1n) is 9.77. The van der Waals surface area contributed by atoms with Gasteiger partial charge in [-0.25, -0.2) is 14.4 Å². The molecule has 6 nitrogen and oxygen atoms in total. The van der Waals surface area contributed by atoms with Crippen LogP contribution < -0.4 is 4.31 Å². The summed E-state index contributed by atoms with van der Waals surface area (Å²) in [5.41, 5.74) is 3.01. The Balaban J connectivity index is 2.49. The molecule has 0 saturated carbocycles. The quantitative estimate of drug-likeness (QED) is 0.503. The molecule has 1 aromatic carbocycles. The van der Waals surface area contributed by atoms with E-state index in [2.05, 4.69) is 22.8 Å². The molecule has 2 atom stereocenters. The molecule has 0 bridgehead atoms. The van der Waals surface area contributed by atoms with E-state index < -0.39 is 12.1 Å². The van der Waals surface area contributed by atoms with Crippen molar-refractivity contribution >= 4 is 30.8 Å². The lowest BCUT2D eigenvalue weighted by molar-refractivity contribution is -0.139. The molecule has 1 heterocycles. The van der Waals surface area contributed by atoms with E-state index in [0.29, 0.717) is 18.1 Å². The maximum Gasteiger partial charge on any atom is 0.305 e. The normalized spacial score (nSPS) is 13.6. The number of aliphatic carboxylic acids is 1. The van der Waals surface area contributed by atoms with E-state index in [0.717, 1.165) is 16.8 Å². The number of rotatable bonds is 9. The van der Waals surface area contributed by atoms with Gasteiger partial charge < -0.3 is 10.2 Å². The van der Waals surface area contributed by atoms with Crippen LogP contribution in [0.2, 0.25) is 0 Å². The maximum atomic E-state index is 13.5. The fourth-order valence-electron chi connectivity index (χ4n) is 3.10. The second kappa shape index (κ2) is 10.5. The average molecular weight is 434 g/mol. The number of carbonyl (C=O) groups is 1. The number of allylic oxidation sites excluding steroid dienone is 1. The van der Waals surface area contributed by atoms with Crippen molar-refractivity contribution in [2.24, 2.45) is 5.92 Å². The van der Waals surface area contributed by atoms with E-state index in [1.807, 2.05) is 32.9 Å². The van der Waals surface area contributed by atoms with Crippen LogP contribution in [0.3, 0.4) is 0 Å². The molecule has 2 rings (SSSR count). The second-order valence-corrected chi connectivity index (χ2v) is 8.28. The zero-order valence-electron chi connectivity index (χ0n) is 17.6. The summed E-state index contributed by atoms with van der Waals surface area (Å²) in [5.74, 6) is -0.899. The lowest BCUT2D eigenvalue weighted by Gasteiger charge is -2.19. The topological polar surface area (TPSA) is 86.5 Å². The van der Waals surface area contributed by atoms with Gasteiger partial charge in [0.25, 0.3) is 0 Å². The SMILES string of the molecule is CC(/C=C/c1c(-c2ccc(F)cc2)nc(N(C)S)nc1C(C)C)CC(O)CC(=O)O.